The molecule has 0 aromatic rings. The van der Waals surface area contributed by atoms with Crippen LogP contribution in [0.2, 0.25) is 0 Å². The van der Waals surface area contributed by atoms with Crippen LogP contribution in [-0.4, -0.2) is 35.9 Å². The summed E-state index contributed by atoms with van der Waals surface area (Å²) < 4.78 is 5.19. The highest BCUT2D eigenvalue weighted by Gasteiger charge is 2.70. The number of aliphatic hydroxyl groups is 1. The lowest BCUT2D eigenvalue weighted by atomic mass is 9.33. The Morgan fingerprint density at radius 1 is 1.00 bits per heavy atom. The van der Waals surface area contributed by atoms with Crippen LogP contribution < -0.4 is 0 Å². The normalized spacial score (nSPS) is 46.3. The van der Waals surface area contributed by atoms with Crippen molar-refractivity contribution in [2.45, 2.75) is 99.3 Å². The van der Waals surface area contributed by atoms with E-state index < -0.39 is 16.8 Å². The number of hydrogen-bond acceptors (Lipinski definition) is 4. The fourth-order valence-corrected chi connectivity index (χ4v) is 10.9. The molecule has 9 atom stereocenters. The predicted molar refractivity (Wildman–Crippen MR) is 141 cm³/mol. The third-order valence-corrected chi connectivity index (χ3v) is 13.0. The SMILES string of the molecule is C=C(C)[C@@H]1CC[C@]2(CO)CC[C@]3(C)[C@H](CC[C@@H]4[C@@](C)(CC(=O)OC)[C@H](C(C)(C)C(=O)O)CC[C@]43C)[C@@H]12. The van der Waals surface area contributed by atoms with Crippen molar-refractivity contribution in [3.05, 3.63) is 12.2 Å². The molecule has 4 saturated carbocycles. The summed E-state index contributed by atoms with van der Waals surface area (Å²) >= 11 is 0. The molecule has 36 heavy (non-hydrogen) atoms. The summed E-state index contributed by atoms with van der Waals surface area (Å²) in [5.41, 5.74) is -0.0357. The monoisotopic (exact) mass is 502 g/mol. The van der Waals surface area contributed by atoms with Crippen molar-refractivity contribution in [3.63, 3.8) is 0 Å². The van der Waals surface area contributed by atoms with Gasteiger partial charge in [-0.05, 0) is 123 Å². The molecular weight excluding hydrogens is 452 g/mol. The van der Waals surface area contributed by atoms with Gasteiger partial charge in [0.05, 0.1) is 18.9 Å². The minimum atomic E-state index is -0.920. The van der Waals surface area contributed by atoms with E-state index in [0.29, 0.717) is 17.8 Å². The van der Waals surface area contributed by atoms with Crippen LogP contribution in [0.5, 0.6) is 0 Å². The van der Waals surface area contributed by atoms with E-state index in [9.17, 15) is 19.8 Å². The molecule has 4 aliphatic rings. The van der Waals surface area contributed by atoms with Crippen LogP contribution in [0.25, 0.3) is 0 Å². The molecule has 4 aliphatic carbocycles. The lowest BCUT2D eigenvalue weighted by molar-refractivity contribution is -0.234. The number of esters is 1. The summed E-state index contributed by atoms with van der Waals surface area (Å²) in [6, 6.07) is 0. The molecule has 0 aromatic heterocycles. The molecule has 4 rings (SSSR count). The second kappa shape index (κ2) is 8.85. The standard InChI is InChI=1S/C31H50O5/c1-19(2)20-11-14-31(18-32)16-15-29(6)21(25(20)31)9-10-23-28(5,17-24(33)36-8)22(12-13-30(23,29)7)27(3,4)26(34)35/h20-23,25,32H,1,9-18H2,2-8H3,(H,34,35)/t20-,21+,22-,23+,25+,28-,29+,30+,31+/m0/s1. The van der Waals surface area contributed by atoms with E-state index in [-0.39, 0.29) is 47.1 Å². The van der Waals surface area contributed by atoms with E-state index in [1.165, 1.54) is 12.7 Å². The zero-order valence-electron chi connectivity index (χ0n) is 23.8. The first-order chi connectivity index (χ1) is 16.6. The van der Waals surface area contributed by atoms with E-state index in [0.717, 1.165) is 51.4 Å². The van der Waals surface area contributed by atoms with Gasteiger partial charge in [-0.25, -0.2) is 0 Å². The number of rotatable bonds is 6. The molecular formula is C31H50O5. The highest BCUT2D eigenvalue weighted by Crippen LogP contribution is 2.76. The fourth-order valence-electron chi connectivity index (χ4n) is 10.9. The highest BCUT2D eigenvalue weighted by atomic mass is 16.5. The molecule has 204 valence electrons. The van der Waals surface area contributed by atoms with E-state index in [1.807, 2.05) is 13.8 Å². The largest absolute Gasteiger partial charge is 0.481 e. The average Bonchev–Trinajstić information content (AvgIpc) is 3.19. The first kappa shape index (κ1) is 27.7. The van der Waals surface area contributed by atoms with Gasteiger partial charge in [0.1, 0.15) is 0 Å². The van der Waals surface area contributed by atoms with Crippen molar-refractivity contribution in [2.24, 2.45) is 56.7 Å². The van der Waals surface area contributed by atoms with Crippen LogP contribution in [0, 0.1) is 56.7 Å². The number of carboxylic acids is 1. The van der Waals surface area contributed by atoms with Gasteiger partial charge >= 0.3 is 11.9 Å². The van der Waals surface area contributed by atoms with Gasteiger partial charge in [-0.2, -0.15) is 0 Å². The zero-order valence-corrected chi connectivity index (χ0v) is 23.8. The van der Waals surface area contributed by atoms with Crippen LogP contribution in [0.1, 0.15) is 99.3 Å². The van der Waals surface area contributed by atoms with E-state index >= 15 is 0 Å². The van der Waals surface area contributed by atoms with Crippen molar-refractivity contribution in [1.82, 2.24) is 0 Å². The third-order valence-electron chi connectivity index (χ3n) is 13.0. The number of fused-ring (bicyclic) bond motifs is 5. The maximum atomic E-state index is 12.8. The second-order valence-electron chi connectivity index (χ2n) is 14.5. The smallest absolute Gasteiger partial charge is 0.309 e. The molecule has 0 amide bonds. The molecule has 0 radical (unpaired) electrons. The molecule has 0 spiro atoms. The Bertz CT molecular complexity index is 924. The lowest BCUT2D eigenvalue weighted by Crippen LogP contribution is -2.65. The molecule has 4 fully saturated rings. The van der Waals surface area contributed by atoms with Gasteiger partial charge in [0, 0.05) is 6.61 Å². The van der Waals surface area contributed by atoms with E-state index in [2.05, 4.69) is 34.3 Å². The van der Waals surface area contributed by atoms with Gasteiger partial charge in [0.15, 0.2) is 0 Å². The first-order valence-electron chi connectivity index (χ1n) is 14.2. The third kappa shape index (κ3) is 3.57. The summed E-state index contributed by atoms with van der Waals surface area (Å²) in [4.78, 5) is 25.2. The summed E-state index contributed by atoms with van der Waals surface area (Å²) in [7, 11) is 1.44. The van der Waals surface area contributed by atoms with Gasteiger partial charge in [0.25, 0.3) is 0 Å². The maximum absolute atomic E-state index is 12.8. The van der Waals surface area contributed by atoms with E-state index in [4.69, 9.17) is 4.74 Å². The molecule has 0 aromatic carbocycles. The Balaban J connectivity index is 1.80. The van der Waals surface area contributed by atoms with Gasteiger partial charge in [-0.1, -0.05) is 32.9 Å². The Kier molecular flexibility index (Phi) is 6.80. The Morgan fingerprint density at radius 3 is 2.22 bits per heavy atom. The average molecular weight is 503 g/mol. The van der Waals surface area contributed by atoms with Gasteiger partial charge < -0.3 is 14.9 Å². The molecule has 0 bridgehead atoms. The minimum Gasteiger partial charge on any atom is -0.481 e. The number of allylic oxidation sites excluding steroid dienone is 1. The van der Waals surface area contributed by atoms with Crippen molar-refractivity contribution in [2.75, 3.05) is 13.7 Å². The fraction of sp³-hybridized carbons (Fsp3) is 0.871. The highest BCUT2D eigenvalue weighted by molar-refractivity contribution is 5.75. The second-order valence-corrected chi connectivity index (χ2v) is 14.5. The summed E-state index contributed by atoms with van der Waals surface area (Å²) in [5.74, 6) is 0.551. The van der Waals surface area contributed by atoms with Gasteiger partial charge in [-0.15, -0.1) is 0 Å². The number of carboxylic acid groups (broad SMARTS) is 1. The van der Waals surface area contributed by atoms with Crippen LogP contribution in [0.15, 0.2) is 12.2 Å². The van der Waals surface area contributed by atoms with Crippen LogP contribution in [0.4, 0.5) is 0 Å². The van der Waals surface area contributed by atoms with Crippen molar-refractivity contribution in [1.29, 1.82) is 0 Å². The van der Waals surface area contributed by atoms with Gasteiger partial charge in [-0.3, -0.25) is 9.59 Å². The molecule has 0 unspecified atom stereocenters. The molecule has 5 nitrogen and oxygen atoms in total. The molecule has 0 aliphatic heterocycles. The summed E-state index contributed by atoms with van der Waals surface area (Å²) in [6.07, 6.45) is 8.49. The Labute approximate surface area is 218 Å². The number of methoxy groups -OCH3 is 1. The molecule has 2 N–H and O–H groups in total. The number of carbonyl (C=O) groups is 2. The van der Waals surface area contributed by atoms with Crippen molar-refractivity contribution in [3.8, 4) is 0 Å². The van der Waals surface area contributed by atoms with Crippen molar-refractivity contribution < 1.29 is 24.5 Å². The zero-order chi connectivity index (χ0) is 26.9. The number of hydrogen-bond donors (Lipinski definition) is 2. The molecule has 0 heterocycles. The van der Waals surface area contributed by atoms with Crippen LogP contribution in [-0.2, 0) is 14.3 Å². The Morgan fingerprint density at radius 2 is 1.67 bits per heavy atom. The van der Waals surface area contributed by atoms with Crippen LogP contribution >= 0.6 is 0 Å². The number of aliphatic carboxylic acids is 1. The number of carbonyl (C=O) groups excluding carboxylic acids is 1. The minimum absolute atomic E-state index is 0.00635. The number of aliphatic hydroxyl groups excluding tert-OH is 1. The maximum Gasteiger partial charge on any atom is 0.309 e. The molecule has 0 saturated heterocycles. The summed E-state index contributed by atoms with van der Waals surface area (Å²) in [6.45, 7) is 17.7. The predicted octanol–water partition coefficient (Wildman–Crippen LogP) is 6.49. The van der Waals surface area contributed by atoms with Crippen molar-refractivity contribution >= 4 is 11.9 Å². The number of ether oxygens (including phenoxy) is 1. The molecule has 5 heteroatoms. The summed E-state index contributed by atoms with van der Waals surface area (Å²) in [5, 5.41) is 20.9. The quantitative estimate of drug-likeness (QED) is 0.320. The first-order valence-corrected chi connectivity index (χ1v) is 14.2. The van der Waals surface area contributed by atoms with Crippen LogP contribution in [0.3, 0.4) is 0 Å². The van der Waals surface area contributed by atoms with E-state index in [1.54, 1.807) is 0 Å². The topological polar surface area (TPSA) is 83.8 Å². The lowest BCUT2D eigenvalue weighted by Gasteiger charge is -2.71. The van der Waals surface area contributed by atoms with Gasteiger partial charge in [0.2, 0.25) is 0 Å². The Hall–Kier alpha value is -1.36.